The van der Waals surface area contributed by atoms with Crippen LogP contribution in [0.4, 0.5) is 0 Å². The van der Waals surface area contributed by atoms with Crippen molar-refractivity contribution in [3.63, 3.8) is 0 Å². The van der Waals surface area contributed by atoms with Gasteiger partial charge in [-0.05, 0) is 36.1 Å². The molecule has 0 aliphatic carbocycles. The molecule has 1 aliphatic heterocycles. The van der Waals surface area contributed by atoms with Gasteiger partial charge in [0.25, 0.3) is 0 Å². The Hall–Kier alpha value is -1.56. The number of hydrogen-bond donors (Lipinski definition) is 1. The molecule has 6 heteroatoms. The van der Waals surface area contributed by atoms with Crippen LogP contribution in [-0.4, -0.2) is 44.1 Å². The zero-order valence-electron chi connectivity index (χ0n) is 14.1. The number of carbonyl (C=O) groups excluding carboxylic acids is 1. The summed E-state index contributed by atoms with van der Waals surface area (Å²) in [6.45, 7) is 6.33. The van der Waals surface area contributed by atoms with E-state index in [1.54, 1.807) is 7.05 Å². The minimum absolute atomic E-state index is 0.0898. The molecule has 0 radical (unpaired) electrons. The lowest BCUT2D eigenvalue weighted by Gasteiger charge is -2.22. The van der Waals surface area contributed by atoms with Crippen LogP contribution in [0.15, 0.2) is 27.7 Å². The highest BCUT2D eigenvalue weighted by Crippen LogP contribution is 2.24. The molecule has 1 aromatic rings. The molecule has 2 unspecified atom stereocenters. The Kier molecular flexibility index (Phi) is 6.04. The number of nitrogens with zero attached hydrogens (tertiary/aromatic N) is 2. The summed E-state index contributed by atoms with van der Waals surface area (Å²) in [5.41, 5.74) is 2.45. The highest BCUT2D eigenvalue weighted by molar-refractivity contribution is 9.10. The Morgan fingerprint density at radius 3 is 2.83 bits per heavy atom. The van der Waals surface area contributed by atoms with E-state index >= 15 is 0 Å². The van der Waals surface area contributed by atoms with E-state index in [0.717, 1.165) is 17.0 Å². The molecule has 1 aliphatic rings. The highest BCUT2D eigenvalue weighted by Gasteiger charge is 2.36. The molecule has 1 heterocycles. The number of carbonyl (C=O) groups is 1. The number of nitrogens with one attached hydrogen (secondary N) is 1. The van der Waals surface area contributed by atoms with Crippen molar-refractivity contribution in [2.24, 2.45) is 16.8 Å². The maximum Gasteiger partial charge on any atom is 0.310 e. The van der Waals surface area contributed by atoms with E-state index in [9.17, 15) is 4.79 Å². The summed E-state index contributed by atoms with van der Waals surface area (Å²) in [5.74, 6) is 0.855. The number of ether oxygens (including phenoxy) is 1. The minimum atomic E-state index is -0.140. The van der Waals surface area contributed by atoms with E-state index in [2.05, 4.69) is 57.1 Å². The van der Waals surface area contributed by atoms with Gasteiger partial charge in [-0.15, -0.1) is 0 Å². The van der Waals surface area contributed by atoms with Gasteiger partial charge in [-0.25, -0.2) is 0 Å². The molecule has 0 aromatic heterocycles. The topological polar surface area (TPSA) is 53.9 Å². The van der Waals surface area contributed by atoms with Crippen molar-refractivity contribution < 1.29 is 9.53 Å². The van der Waals surface area contributed by atoms with Gasteiger partial charge >= 0.3 is 5.97 Å². The molecule has 0 amide bonds. The second-order valence-corrected chi connectivity index (χ2v) is 6.90. The molecule has 0 bridgehead atoms. The summed E-state index contributed by atoms with van der Waals surface area (Å²) in [6, 6.07) is 6.24. The van der Waals surface area contributed by atoms with E-state index in [1.807, 2.05) is 6.07 Å². The van der Waals surface area contributed by atoms with E-state index in [-0.39, 0.29) is 17.8 Å². The summed E-state index contributed by atoms with van der Waals surface area (Å²) >= 11 is 3.48. The standard InChI is InChI=1S/C17H24BrN3O2/c1-11-7-14(18)6-5-13(11)8-20-17(19-3)21-9-12(2)15(10-21)16(22)23-4/h5-7,12,15H,8-10H2,1-4H3,(H,19,20). The summed E-state index contributed by atoms with van der Waals surface area (Å²) in [4.78, 5) is 18.3. The van der Waals surface area contributed by atoms with Gasteiger partial charge in [0.15, 0.2) is 5.96 Å². The van der Waals surface area contributed by atoms with Crippen molar-refractivity contribution in [1.29, 1.82) is 0 Å². The maximum absolute atomic E-state index is 11.8. The van der Waals surface area contributed by atoms with Crippen LogP contribution in [0.25, 0.3) is 0 Å². The highest BCUT2D eigenvalue weighted by atomic mass is 79.9. The number of guanidine groups is 1. The monoisotopic (exact) mass is 381 g/mol. The third-order valence-corrected chi connectivity index (χ3v) is 4.86. The van der Waals surface area contributed by atoms with Gasteiger partial charge in [0.05, 0.1) is 13.0 Å². The zero-order chi connectivity index (χ0) is 17.0. The first-order valence-electron chi connectivity index (χ1n) is 7.74. The number of halogens is 1. The van der Waals surface area contributed by atoms with Gasteiger partial charge in [0, 0.05) is 31.2 Å². The van der Waals surface area contributed by atoms with Crippen molar-refractivity contribution in [1.82, 2.24) is 10.2 Å². The minimum Gasteiger partial charge on any atom is -0.469 e. The predicted octanol–water partition coefficient (Wildman–Crippen LogP) is 2.57. The van der Waals surface area contributed by atoms with Crippen LogP contribution in [0.5, 0.6) is 0 Å². The van der Waals surface area contributed by atoms with Crippen LogP contribution in [-0.2, 0) is 16.1 Å². The third-order valence-electron chi connectivity index (χ3n) is 4.37. The van der Waals surface area contributed by atoms with E-state index < -0.39 is 0 Å². The quantitative estimate of drug-likeness (QED) is 0.496. The van der Waals surface area contributed by atoms with E-state index in [0.29, 0.717) is 13.1 Å². The van der Waals surface area contributed by atoms with Gasteiger partial charge in [0.2, 0.25) is 0 Å². The summed E-state index contributed by atoms with van der Waals surface area (Å²) in [6.07, 6.45) is 0. The van der Waals surface area contributed by atoms with Crippen molar-refractivity contribution in [3.8, 4) is 0 Å². The molecule has 5 nitrogen and oxygen atoms in total. The third kappa shape index (κ3) is 4.25. The SMILES string of the molecule is CN=C(NCc1ccc(Br)cc1C)N1CC(C)C(C(=O)OC)C1. The molecule has 2 rings (SSSR count). The van der Waals surface area contributed by atoms with Gasteiger partial charge in [-0.2, -0.15) is 0 Å². The zero-order valence-corrected chi connectivity index (χ0v) is 15.7. The van der Waals surface area contributed by atoms with Crippen LogP contribution in [0.1, 0.15) is 18.1 Å². The molecule has 1 fully saturated rings. The summed E-state index contributed by atoms with van der Waals surface area (Å²) in [7, 11) is 3.22. The number of aliphatic imine (C=N–C) groups is 1. The molecule has 126 valence electrons. The van der Waals surface area contributed by atoms with Crippen LogP contribution in [0.2, 0.25) is 0 Å². The number of likely N-dealkylation sites (tertiary alicyclic amines) is 1. The van der Waals surface area contributed by atoms with Gasteiger partial charge in [-0.3, -0.25) is 9.79 Å². The first kappa shape index (κ1) is 17.8. The first-order valence-corrected chi connectivity index (χ1v) is 8.54. The largest absolute Gasteiger partial charge is 0.469 e. The lowest BCUT2D eigenvalue weighted by Crippen LogP contribution is -2.40. The lowest BCUT2D eigenvalue weighted by molar-refractivity contribution is -0.145. The second kappa shape index (κ2) is 7.81. The van der Waals surface area contributed by atoms with Gasteiger partial charge in [0.1, 0.15) is 0 Å². The molecule has 1 aromatic carbocycles. The van der Waals surface area contributed by atoms with E-state index in [4.69, 9.17) is 4.74 Å². The number of esters is 1. The number of benzene rings is 1. The number of rotatable bonds is 3. The van der Waals surface area contributed by atoms with Crippen LogP contribution < -0.4 is 5.32 Å². The Morgan fingerprint density at radius 1 is 1.48 bits per heavy atom. The fourth-order valence-electron chi connectivity index (χ4n) is 2.96. The summed E-state index contributed by atoms with van der Waals surface area (Å²) in [5, 5.41) is 3.39. The molecule has 23 heavy (non-hydrogen) atoms. The molecule has 1 N–H and O–H groups in total. The average Bonchev–Trinajstić information content (AvgIpc) is 2.90. The molecule has 0 spiro atoms. The molecular weight excluding hydrogens is 358 g/mol. The fraction of sp³-hybridized carbons (Fsp3) is 0.529. The van der Waals surface area contributed by atoms with Crippen molar-refractivity contribution in [2.45, 2.75) is 20.4 Å². The van der Waals surface area contributed by atoms with E-state index in [1.165, 1.54) is 18.2 Å². The van der Waals surface area contributed by atoms with Crippen molar-refractivity contribution >= 4 is 27.9 Å². The van der Waals surface area contributed by atoms with Crippen LogP contribution in [0.3, 0.4) is 0 Å². The number of methoxy groups -OCH3 is 1. The first-order chi connectivity index (χ1) is 11.0. The molecule has 1 saturated heterocycles. The molecular formula is C17H24BrN3O2. The van der Waals surface area contributed by atoms with Crippen molar-refractivity contribution in [3.05, 3.63) is 33.8 Å². The molecule has 2 atom stereocenters. The lowest BCUT2D eigenvalue weighted by atomic mass is 9.99. The smallest absolute Gasteiger partial charge is 0.310 e. The number of hydrogen-bond acceptors (Lipinski definition) is 3. The molecule has 0 saturated carbocycles. The van der Waals surface area contributed by atoms with Gasteiger partial charge in [-0.1, -0.05) is 28.9 Å². The number of aryl methyl sites for hydroxylation is 1. The second-order valence-electron chi connectivity index (χ2n) is 5.98. The van der Waals surface area contributed by atoms with Crippen molar-refractivity contribution in [2.75, 3.05) is 27.2 Å². The Balaban J connectivity index is 2.00. The maximum atomic E-state index is 11.8. The Bertz CT molecular complexity index is 604. The van der Waals surface area contributed by atoms with Crippen LogP contribution in [0, 0.1) is 18.8 Å². The fourth-order valence-corrected chi connectivity index (χ4v) is 3.44. The summed E-state index contributed by atoms with van der Waals surface area (Å²) < 4.78 is 5.97. The predicted molar refractivity (Wildman–Crippen MR) is 95.3 cm³/mol. The van der Waals surface area contributed by atoms with Crippen LogP contribution >= 0.6 is 15.9 Å². The average molecular weight is 382 g/mol. The van der Waals surface area contributed by atoms with Gasteiger partial charge < -0.3 is 15.0 Å². The Morgan fingerprint density at radius 2 is 2.22 bits per heavy atom. The Labute approximate surface area is 146 Å². The normalized spacial score (nSPS) is 21.4.